The van der Waals surface area contributed by atoms with Gasteiger partial charge in [0.1, 0.15) is 0 Å². The van der Waals surface area contributed by atoms with Crippen molar-refractivity contribution in [3.8, 4) is 0 Å². The highest BCUT2D eigenvalue weighted by molar-refractivity contribution is 5.86. The van der Waals surface area contributed by atoms with Crippen LogP contribution in [-0.2, 0) is 19.1 Å². The smallest absolute Gasteiger partial charge is 0.347 e. The van der Waals surface area contributed by atoms with Gasteiger partial charge < -0.3 is 9.47 Å². The Balaban J connectivity index is 2.68. The van der Waals surface area contributed by atoms with Gasteiger partial charge in [-0.2, -0.15) is 0 Å². The molecule has 0 saturated carbocycles. The van der Waals surface area contributed by atoms with E-state index < -0.39 is 18.0 Å². The quantitative estimate of drug-likeness (QED) is 0.284. The molecule has 0 heterocycles. The minimum absolute atomic E-state index is 0.231. The lowest BCUT2D eigenvalue weighted by Gasteiger charge is -2.32. The fourth-order valence-corrected chi connectivity index (χ4v) is 3.38. The third-order valence-corrected chi connectivity index (χ3v) is 5.03. The van der Waals surface area contributed by atoms with Crippen LogP contribution in [0.2, 0.25) is 0 Å². The zero-order valence-corrected chi connectivity index (χ0v) is 19.0. The highest BCUT2D eigenvalue weighted by Crippen LogP contribution is 2.40. The maximum absolute atomic E-state index is 11.9. The minimum Gasteiger partial charge on any atom is -0.463 e. The number of hydrogen-bond acceptors (Lipinski definition) is 4. The third kappa shape index (κ3) is 8.68. The van der Waals surface area contributed by atoms with Crippen molar-refractivity contribution in [1.82, 2.24) is 0 Å². The lowest BCUT2D eigenvalue weighted by Crippen LogP contribution is -2.25. The number of esters is 2. The van der Waals surface area contributed by atoms with Crippen LogP contribution < -0.4 is 0 Å². The van der Waals surface area contributed by atoms with Gasteiger partial charge in [-0.1, -0.05) is 55.4 Å². The fraction of sp³-hybridized carbons (Fsp3) is 0.520. The number of hydrogen-bond donors (Lipinski definition) is 0. The van der Waals surface area contributed by atoms with E-state index in [-0.39, 0.29) is 12.0 Å². The lowest BCUT2D eigenvalue weighted by molar-refractivity contribution is -0.163. The van der Waals surface area contributed by atoms with Crippen LogP contribution in [0.4, 0.5) is 0 Å². The number of ether oxygens (including phenoxy) is 2. The summed E-state index contributed by atoms with van der Waals surface area (Å²) in [6, 6.07) is 0. The average Bonchev–Trinajstić information content (AvgIpc) is 2.60. The maximum atomic E-state index is 11.9. The molecular weight excluding hydrogens is 364 g/mol. The van der Waals surface area contributed by atoms with Gasteiger partial charge in [-0.25, -0.2) is 9.59 Å². The first-order valence-electron chi connectivity index (χ1n) is 10.4. The van der Waals surface area contributed by atoms with Gasteiger partial charge in [0.15, 0.2) is 6.10 Å². The van der Waals surface area contributed by atoms with Gasteiger partial charge in [-0.3, -0.25) is 0 Å². The molecule has 160 valence electrons. The van der Waals surface area contributed by atoms with Crippen molar-refractivity contribution in [2.45, 2.75) is 73.8 Å². The third-order valence-electron chi connectivity index (χ3n) is 5.03. The van der Waals surface area contributed by atoms with E-state index in [1.807, 2.05) is 25.2 Å². The van der Waals surface area contributed by atoms with Crippen LogP contribution in [-0.4, -0.2) is 24.6 Å². The molecule has 0 saturated heterocycles. The molecule has 0 aromatic heterocycles. The second-order valence-electron chi connectivity index (χ2n) is 8.25. The second-order valence-corrected chi connectivity index (χ2v) is 8.25. The Kier molecular flexibility index (Phi) is 9.87. The predicted octanol–water partition coefficient (Wildman–Crippen LogP) is 6.01. The first-order chi connectivity index (χ1) is 13.6. The van der Waals surface area contributed by atoms with E-state index in [0.29, 0.717) is 0 Å². The molecule has 0 fully saturated rings. The van der Waals surface area contributed by atoms with E-state index in [0.717, 1.165) is 11.1 Å². The molecule has 1 aliphatic carbocycles. The Morgan fingerprint density at radius 1 is 1.17 bits per heavy atom. The summed E-state index contributed by atoms with van der Waals surface area (Å²) < 4.78 is 9.86. The molecule has 0 aliphatic heterocycles. The zero-order valence-electron chi connectivity index (χ0n) is 19.0. The summed E-state index contributed by atoms with van der Waals surface area (Å²) in [4.78, 5) is 23.4. The summed E-state index contributed by atoms with van der Waals surface area (Å²) >= 11 is 0. The first-order valence-corrected chi connectivity index (χ1v) is 10.4. The van der Waals surface area contributed by atoms with E-state index in [9.17, 15) is 9.59 Å². The fourth-order valence-electron chi connectivity index (χ4n) is 3.38. The minimum atomic E-state index is -0.912. The number of carbonyl (C=O) groups is 2. The molecule has 1 aliphatic rings. The molecule has 1 atom stereocenters. The van der Waals surface area contributed by atoms with Crippen LogP contribution in [0.25, 0.3) is 0 Å². The van der Waals surface area contributed by atoms with E-state index in [4.69, 9.17) is 9.47 Å². The Labute approximate surface area is 176 Å². The van der Waals surface area contributed by atoms with E-state index in [1.165, 1.54) is 43.4 Å². The highest BCUT2D eigenvalue weighted by Gasteiger charge is 2.26. The summed E-state index contributed by atoms with van der Waals surface area (Å²) in [5.41, 5.74) is 5.03. The maximum Gasteiger partial charge on any atom is 0.347 e. The van der Waals surface area contributed by atoms with Gasteiger partial charge in [-0.15, -0.1) is 0 Å². The van der Waals surface area contributed by atoms with Crippen molar-refractivity contribution in [3.63, 3.8) is 0 Å². The van der Waals surface area contributed by atoms with Gasteiger partial charge in [0.25, 0.3) is 0 Å². The summed E-state index contributed by atoms with van der Waals surface area (Å²) in [6.45, 7) is 14.2. The normalized spacial score (nSPS) is 19.0. The summed E-state index contributed by atoms with van der Waals surface area (Å²) in [6.07, 6.45) is 14.3. The van der Waals surface area contributed by atoms with Crippen molar-refractivity contribution >= 4 is 11.9 Å². The van der Waals surface area contributed by atoms with Crippen LogP contribution in [0.3, 0.4) is 0 Å². The molecule has 0 spiro atoms. The Hall–Kier alpha value is -2.36. The summed E-state index contributed by atoms with van der Waals surface area (Å²) in [5, 5.41) is 0. The van der Waals surface area contributed by atoms with E-state index >= 15 is 0 Å². The van der Waals surface area contributed by atoms with E-state index in [1.54, 1.807) is 6.92 Å². The Morgan fingerprint density at radius 2 is 1.86 bits per heavy atom. The first kappa shape index (κ1) is 24.7. The van der Waals surface area contributed by atoms with Gasteiger partial charge in [0.2, 0.25) is 0 Å². The van der Waals surface area contributed by atoms with Gasteiger partial charge in [0.05, 0.1) is 6.61 Å². The van der Waals surface area contributed by atoms with Crippen molar-refractivity contribution in [2.24, 2.45) is 5.41 Å². The monoisotopic (exact) mass is 400 g/mol. The van der Waals surface area contributed by atoms with Gasteiger partial charge >= 0.3 is 11.9 Å². The highest BCUT2D eigenvalue weighted by atomic mass is 16.6. The van der Waals surface area contributed by atoms with Crippen LogP contribution in [0.5, 0.6) is 0 Å². The summed E-state index contributed by atoms with van der Waals surface area (Å²) in [5.74, 6) is -1.10. The standard InChI is InChI=1S/C25H36O4/c1-8-28-24(27)21(5)29-23(26)17-19(3)12-9-11-18(2)14-15-22-20(4)13-10-16-25(22,6)7/h9,11-12,14-15,17,21H,8,10,13,16H2,1-7H3/b12-9+,15-14+,18-11+,19-17+. The molecule has 0 radical (unpaired) electrons. The molecule has 4 nitrogen and oxygen atoms in total. The second kappa shape index (κ2) is 11.6. The molecule has 1 rings (SSSR count). The lowest BCUT2D eigenvalue weighted by atomic mass is 9.72. The van der Waals surface area contributed by atoms with Crippen LogP contribution in [0.1, 0.15) is 67.7 Å². The molecule has 1 unspecified atom stereocenters. The topological polar surface area (TPSA) is 52.6 Å². The number of rotatable bonds is 8. The molecule has 29 heavy (non-hydrogen) atoms. The zero-order chi connectivity index (χ0) is 22.0. The summed E-state index contributed by atoms with van der Waals surface area (Å²) in [7, 11) is 0. The van der Waals surface area contributed by atoms with Gasteiger partial charge in [0, 0.05) is 6.08 Å². The molecule has 0 N–H and O–H groups in total. The van der Waals surface area contributed by atoms with E-state index in [2.05, 4.69) is 39.8 Å². The van der Waals surface area contributed by atoms with Crippen LogP contribution >= 0.6 is 0 Å². The van der Waals surface area contributed by atoms with Crippen LogP contribution in [0.15, 0.2) is 58.7 Å². The van der Waals surface area contributed by atoms with Crippen LogP contribution in [0, 0.1) is 5.41 Å². The predicted molar refractivity (Wildman–Crippen MR) is 118 cm³/mol. The number of carbonyl (C=O) groups excluding carboxylic acids is 2. The molecular formula is C25H36O4. The van der Waals surface area contributed by atoms with Crippen molar-refractivity contribution in [1.29, 1.82) is 0 Å². The average molecular weight is 401 g/mol. The van der Waals surface area contributed by atoms with Crippen molar-refractivity contribution in [2.75, 3.05) is 6.61 Å². The molecule has 0 aromatic carbocycles. The molecule has 0 bridgehead atoms. The number of allylic oxidation sites excluding steroid dienone is 9. The van der Waals surface area contributed by atoms with Crippen molar-refractivity contribution in [3.05, 3.63) is 58.7 Å². The molecule has 4 heteroatoms. The largest absolute Gasteiger partial charge is 0.463 e. The Morgan fingerprint density at radius 3 is 2.48 bits per heavy atom. The SMILES string of the molecule is CCOC(=O)C(C)OC(=O)/C=C(C)/C=C/C=C(C)/C=C/C1=C(C)CCCC1(C)C. The molecule has 0 aromatic rings. The van der Waals surface area contributed by atoms with Gasteiger partial charge in [-0.05, 0) is 70.4 Å². The van der Waals surface area contributed by atoms with Crippen molar-refractivity contribution < 1.29 is 19.1 Å². The Bertz CT molecular complexity index is 745. The molecule has 0 amide bonds.